The monoisotopic (exact) mass is 392 g/mol. The first-order valence-corrected chi connectivity index (χ1v) is 8.06. The summed E-state index contributed by atoms with van der Waals surface area (Å²) in [5.74, 6) is 0.343. The average Bonchev–Trinajstić information content (AvgIpc) is 2.51. The van der Waals surface area contributed by atoms with Crippen LogP contribution < -0.4 is 10.1 Å². The summed E-state index contributed by atoms with van der Waals surface area (Å²) in [6.07, 6.45) is -0.709. The van der Waals surface area contributed by atoms with Crippen molar-refractivity contribution < 1.29 is 14.5 Å². The third-order valence-corrected chi connectivity index (χ3v) is 3.89. The number of hydrogen-bond donors (Lipinski definition) is 1. The molecular formula is C17H17BrN2O4. The predicted octanol–water partition coefficient (Wildman–Crippen LogP) is 4.38. The van der Waals surface area contributed by atoms with Gasteiger partial charge in [0.15, 0.2) is 6.10 Å². The van der Waals surface area contributed by atoms with Crippen molar-refractivity contribution in [2.24, 2.45) is 0 Å². The minimum Gasteiger partial charge on any atom is -0.480 e. The number of rotatable bonds is 5. The molecule has 0 aliphatic heterocycles. The highest BCUT2D eigenvalue weighted by atomic mass is 79.9. The molecule has 0 aliphatic carbocycles. The van der Waals surface area contributed by atoms with Crippen molar-refractivity contribution >= 4 is 33.2 Å². The molecular weight excluding hydrogens is 376 g/mol. The summed E-state index contributed by atoms with van der Waals surface area (Å²) in [5.41, 5.74) is 2.30. The van der Waals surface area contributed by atoms with Gasteiger partial charge in [-0.25, -0.2) is 0 Å². The van der Waals surface area contributed by atoms with Crippen LogP contribution in [0.15, 0.2) is 40.9 Å². The molecule has 1 N–H and O–H groups in total. The van der Waals surface area contributed by atoms with Crippen molar-refractivity contribution in [2.75, 3.05) is 5.32 Å². The molecule has 1 amide bonds. The Morgan fingerprint density at radius 2 is 1.75 bits per heavy atom. The molecule has 126 valence electrons. The number of benzene rings is 2. The second-order valence-corrected chi connectivity index (χ2v) is 6.34. The first kappa shape index (κ1) is 17.9. The van der Waals surface area contributed by atoms with E-state index in [2.05, 4.69) is 21.2 Å². The number of nitrogens with one attached hydrogen (secondary N) is 1. The van der Waals surface area contributed by atoms with Crippen LogP contribution in [0.1, 0.15) is 18.1 Å². The Hall–Kier alpha value is -2.41. The fraction of sp³-hybridized carbons (Fsp3) is 0.235. The van der Waals surface area contributed by atoms with E-state index in [1.165, 1.54) is 24.3 Å². The van der Waals surface area contributed by atoms with Crippen LogP contribution in [-0.2, 0) is 4.79 Å². The summed E-state index contributed by atoms with van der Waals surface area (Å²) >= 11 is 3.42. The van der Waals surface area contributed by atoms with Gasteiger partial charge in [0.05, 0.1) is 4.92 Å². The number of ether oxygens (including phenoxy) is 1. The molecule has 2 aromatic carbocycles. The molecule has 2 aromatic rings. The van der Waals surface area contributed by atoms with E-state index in [0.717, 1.165) is 15.6 Å². The van der Waals surface area contributed by atoms with Gasteiger partial charge in [0.1, 0.15) is 5.75 Å². The number of aryl methyl sites for hydroxylation is 2. The van der Waals surface area contributed by atoms with Crippen LogP contribution in [-0.4, -0.2) is 16.9 Å². The van der Waals surface area contributed by atoms with Gasteiger partial charge in [0.2, 0.25) is 0 Å². The molecule has 0 heterocycles. The second-order valence-electron chi connectivity index (χ2n) is 5.42. The molecule has 0 saturated carbocycles. The molecule has 0 saturated heterocycles. The molecule has 1 atom stereocenters. The Morgan fingerprint density at radius 1 is 1.21 bits per heavy atom. The molecule has 0 aromatic heterocycles. The number of hydrogen-bond acceptors (Lipinski definition) is 4. The highest BCUT2D eigenvalue weighted by Gasteiger charge is 2.18. The van der Waals surface area contributed by atoms with Crippen LogP contribution in [0.25, 0.3) is 0 Å². The maximum absolute atomic E-state index is 12.2. The number of nitro benzene ring substituents is 1. The van der Waals surface area contributed by atoms with Crippen molar-refractivity contribution in [3.05, 3.63) is 62.1 Å². The molecule has 0 radical (unpaired) electrons. The lowest BCUT2D eigenvalue weighted by Gasteiger charge is -2.18. The van der Waals surface area contributed by atoms with Gasteiger partial charge in [-0.2, -0.15) is 0 Å². The molecule has 24 heavy (non-hydrogen) atoms. The van der Waals surface area contributed by atoms with Crippen molar-refractivity contribution in [1.29, 1.82) is 0 Å². The van der Waals surface area contributed by atoms with E-state index in [9.17, 15) is 14.9 Å². The molecule has 0 fully saturated rings. The van der Waals surface area contributed by atoms with Crippen molar-refractivity contribution in [2.45, 2.75) is 26.9 Å². The van der Waals surface area contributed by atoms with Crippen LogP contribution in [0.4, 0.5) is 11.4 Å². The fourth-order valence-electron chi connectivity index (χ4n) is 2.22. The molecule has 6 nitrogen and oxygen atoms in total. The number of carbonyl (C=O) groups excluding carboxylic acids is 1. The topological polar surface area (TPSA) is 81.5 Å². The number of non-ortho nitro benzene ring substituents is 1. The highest BCUT2D eigenvalue weighted by Crippen LogP contribution is 2.28. The van der Waals surface area contributed by atoms with Crippen LogP contribution >= 0.6 is 15.9 Å². The lowest BCUT2D eigenvalue weighted by Crippen LogP contribution is -2.30. The quantitative estimate of drug-likeness (QED) is 0.604. The van der Waals surface area contributed by atoms with E-state index in [1.54, 1.807) is 6.92 Å². The second kappa shape index (κ2) is 7.44. The molecule has 0 bridgehead atoms. The minimum absolute atomic E-state index is 0.0293. The first-order valence-electron chi connectivity index (χ1n) is 7.26. The summed E-state index contributed by atoms with van der Waals surface area (Å²) in [4.78, 5) is 22.4. The lowest BCUT2D eigenvalue weighted by molar-refractivity contribution is -0.384. The van der Waals surface area contributed by atoms with E-state index >= 15 is 0 Å². The standard InChI is InChI=1S/C17H17BrN2O4/c1-10-8-13(18)9-11(2)16(10)24-12(3)17(21)19-14-4-6-15(7-5-14)20(22)23/h4-9,12H,1-3H3,(H,19,21). The van der Waals surface area contributed by atoms with Crippen LogP contribution in [0.3, 0.4) is 0 Å². The van der Waals surface area contributed by atoms with E-state index < -0.39 is 11.0 Å². The van der Waals surface area contributed by atoms with Crippen LogP contribution in [0.2, 0.25) is 0 Å². The van der Waals surface area contributed by atoms with E-state index in [0.29, 0.717) is 11.4 Å². The highest BCUT2D eigenvalue weighted by molar-refractivity contribution is 9.10. The van der Waals surface area contributed by atoms with Gasteiger partial charge < -0.3 is 10.1 Å². The van der Waals surface area contributed by atoms with Crippen LogP contribution in [0, 0.1) is 24.0 Å². The normalized spacial score (nSPS) is 11.7. The molecule has 2 rings (SSSR count). The zero-order chi connectivity index (χ0) is 17.9. The van der Waals surface area contributed by atoms with Crippen molar-refractivity contribution in [1.82, 2.24) is 0 Å². The molecule has 7 heteroatoms. The van der Waals surface area contributed by atoms with Crippen LogP contribution in [0.5, 0.6) is 5.75 Å². The average molecular weight is 393 g/mol. The van der Waals surface area contributed by atoms with Gasteiger partial charge in [-0.3, -0.25) is 14.9 Å². The maximum atomic E-state index is 12.2. The maximum Gasteiger partial charge on any atom is 0.269 e. The third-order valence-electron chi connectivity index (χ3n) is 3.43. The first-order chi connectivity index (χ1) is 11.3. The number of nitro groups is 1. The van der Waals surface area contributed by atoms with E-state index in [-0.39, 0.29) is 11.6 Å². The number of halogens is 1. The van der Waals surface area contributed by atoms with E-state index in [4.69, 9.17) is 4.74 Å². The number of anilines is 1. The third kappa shape index (κ3) is 4.32. The summed E-state index contributed by atoms with van der Waals surface area (Å²) in [6, 6.07) is 9.48. The van der Waals surface area contributed by atoms with Gasteiger partial charge in [0, 0.05) is 22.3 Å². The smallest absolute Gasteiger partial charge is 0.269 e. The zero-order valence-corrected chi connectivity index (χ0v) is 15.1. The largest absolute Gasteiger partial charge is 0.480 e. The summed E-state index contributed by atoms with van der Waals surface area (Å²) < 4.78 is 6.74. The van der Waals surface area contributed by atoms with Gasteiger partial charge in [0.25, 0.3) is 11.6 Å². The molecule has 1 unspecified atom stereocenters. The van der Waals surface area contributed by atoms with Crippen molar-refractivity contribution in [3.63, 3.8) is 0 Å². The van der Waals surface area contributed by atoms with E-state index in [1.807, 2.05) is 26.0 Å². The Labute approximate surface area is 148 Å². The summed E-state index contributed by atoms with van der Waals surface area (Å²) in [7, 11) is 0. The Bertz CT molecular complexity index is 752. The zero-order valence-electron chi connectivity index (χ0n) is 13.5. The Kier molecular flexibility index (Phi) is 5.56. The van der Waals surface area contributed by atoms with Gasteiger partial charge in [-0.05, 0) is 56.2 Å². The predicted molar refractivity (Wildman–Crippen MR) is 95.4 cm³/mol. The summed E-state index contributed by atoms with van der Waals surface area (Å²) in [6.45, 7) is 5.48. The minimum atomic E-state index is -0.709. The fourth-order valence-corrected chi connectivity index (χ4v) is 2.91. The van der Waals surface area contributed by atoms with Gasteiger partial charge >= 0.3 is 0 Å². The molecule has 0 aliphatic rings. The van der Waals surface area contributed by atoms with Gasteiger partial charge in [-0.1, -0.05) is 15.9 Å². The number of nitrogens with zero attached hydrogens (tertiary/aromatic N) is 1. The Balaban J connectivity index is 2.06. The molecule has 0 spiro atoms. The lowest BCUT2D eigenvalue weighted by atomic mass is 10.1. The number of amides is 1. The number of carbonyl (C=O) groups is 1. The SMILES string of the molecule is Cc1cc(Br)cc(C)c1OC(C)C(=O)Nc1ccc([N+](=O)[O-])cc1. The Morgan fingerprint density at radius 3 is 2.25 bits per heavy atom. The van der Waals surface area contributed by atoms with Crippen molar-refractivity contribution in [3.8, 4) is 5.75 Å². The van der Waals surface area contributed by atoms with Gasteiger partial charge in [-0.15, -0.1) is 0 Å². The summed E-state index contributed by atoms with van der Waals surface area (Å²) in [5, 5.41) is 13.3.